The molecular formula is C9H5Cl2FN2O. The standard InChI is InChI=1S/C9H5Cl2FN2O/c10-7(11)9-14-13-8(15-9)5-3-1-2-4-6(5)12/h1-4,7H. The zero-order chi connectivity index (χ0) is 10.8. The fourth-order valence-electron chi connectivity index (χ4n) is 1.07. The number of aromatic nitrogens is 2. The lowest BCUT2D eigenvalue weighted by Gasteiger charge is -1.95. The van der Waals surface area contributed by atoms with E-state index >= 15 is 0 Å². The number of hydrogen-bond acceptors (Lipinski definition) is 3. The average Bonchev–Trinajstić information content (AvgIpc) is 2.67. The second-order valence-electron chi connectivity index (χ2n) is 2.73. The second kappa shape index (κ2) is 4.16. The maximum atomic E-state index is 13.3. The van der Waals surface area contributed by atoms with Crippen molar-refractivity contribution in [3.63, 3.8) is 0 Å². The summed E-state index contributed by atoms with van der Waals surface area (Å²) in [5, 5.41) is 7.23. The molecule has 15 heavy (non-hydrogen) atoms. The van der Waals surface area contributed by atoms with Crippen molar-refractivity contribution < 1.29 is 8.81 Å². The van der Waals surface area contributed by atoms with E-state index in [9.17, 15) is 4.39 Å². The topological polar surface area (TPSA) is 38.9 Å². The van der Waals surface area contributed by atoms with Gasteiger partial charge in [0, 0.05) is 0 Å². The molecule has 2 rings (SSSR count). The molecule has 0 unspecified atom stereocenters. The molecule has 0 atom stereocenters. The highest BCUT2D eigenvalue weighted by Gasteiger charge is 2.15. The Hall–Kier alpha value is -1.13. The maximum Gasteiger partial charge on any atom is 0.250 e. The van der Waals surface area contributed by atoms with E-state index in [4.69, 9.17) is 27.6 Å². The van der Waals surface area contributed by atoms with Gasteiger partial charge in [0.1, 0.15) is 5.82 Å². The lowest BCUT2D eigenvalue weighted by atomic mass is 10.2. The normalized spacial score (nSPS) is 10.9. The zero-order valence-electron chi connectivity index (χ0n) is 7.32. The molecule has 0 bridgehead atoms. The number of nitrogens with zero attached hydrogens (tertiary/aromatic N) is 2. The molecule has 0 spiro atoms. The summed E-state index contributed by atoms with van der Waals surface area (Å²) < 4.78 is 18.4. The molecule has 0 fully saturated rings. The van der Waals surface area contributed by atoms with Crippen LogP contribution in [0.2, 0.25) is 0 Å². The summed E-state index contributed by atoms with van der Waals surface area (Å²) in [6.07, 6.45) is 0. The lowest BCUT2D eigenvalue weighted by molar-refractivity contribution is 0.518. The molecule has 0 N–H and O–H groups in total. The summed E-state index contributed by atoms with van der Waals surface area (Å²) in [6, 6.07) is 6.07. The smallest absolute Gasteiger partial charge is 0.250 e. The van der Waals surface area contributed by atoms with Gasteiger partial charge in [0.15, 0.2) is 4.84 Å². The Morgan fingerprint density at radius 3 is 2.53 bits per heavy atom. The van der Waals surface area contributed by atoms with E-state index in [0.717, 1.165) is 0 Å². The molecule has 0 saturated carbocycles. The predicted molar refractivity (Wildman–Crippen MR) is 54.1 cm³/mol. The van der Waals surface area contributed by atoms with Gasteiger partial charge in [0.05, 0.1) is 5.56 Å². The van der Waals surface area contributed by atoms with Gasteiger partial charge in [-0.2, -0.15) is 0 Å². The fourth-order valence-corrected chi connectivity index (χ4v) is 1.24. The van der Waals surface area contributed by atoms with Crippen molar-refractivity contribution >= 4 is 23.2 Å². The Kier molecular flexibility index (Phi) is 2.88. The van der Waals surface area contributed by atoms with Crippen LogP contribution >= 0.6 is 23.2 Å². The highest BCUT2D eigenvalue weighted by molar-refractivity contribution is 6.43. The van der Waals surface area contributed by atoms with Crippen LogP contribution in [0.4, 0.5) is 4.39 Å². The fraction of sp³-hybridized carbons (Fsp3) is 0.111. The van der Waals surface area contributed by atoms with Gasteiger partial charge >= 0.3 is 0 Å². The first kappa shape index (κ1) is 10.4. The van der Waals surface area contributed by atoms with E-state index < -0.39 is 10.7 Å². The molecule has 78 valence electrons. The highest BCUT2D eigenvalue weighted by Crippen LogP contribution is 2.27. The predicted octanol–water partition coefficient (Wildman–Crippen LogP) is 3.35. The Morgan fingerprint density at radius 1 is 1.20 bits per heavy atom. The highest BCUT2D eigenvalue weighted by atomic mass is 35.5. The van der Waals surface area contributed by atoms with Crippen LogP contribution in [-0.2, 0) is 0 Å². The van der Waals surface area contributed by atoms with Gasteiger partial charge in [-0.05, 0) is 12.1 Å². The van der Waals surface area contributed by atoms with Crippen molar-refractivity contribution in [2.75, 3.05) is 0 Å². The molecule has 2 aromatic rings. The van der Waals surface area contributed by atoms with E-state index in [0.29, 0.717) is 0 Å². The Bertz CT molecular complexity index is 473. The minimum atomic E-state index is -0.905. The van der Waals surface area contributed by atoms with Gasteiger partial charge in [-0.15, -0.1) is 10.2 Å². The first-order valence-corrected chi connectivity index (χ1v) is 4.92. The van der Waals surface area contributed by atoms with Crippen molar-refractivity contribution in [2.24, 2.45) is 0 Å². The molecule has 0 aliphatic carbocycles. The van der Waals surface area contributed by atoms with Gasteiger partial charge in [-0.25, -0.2) is 4.39 Å². The van der Waals surface area contributed by atoms with E-state index in [2.05, 4.69) is 10.2 Å². The third-order valence-corrected chi connectivity index (χ3v) is 2.10. The monoisotopic (exact) mass is 246 g/mol. The summed E-state index contributed by atoms with van der Waals surface area (Å²) in [6.45, 7) is 0. The Balaban J connectivity index is 2.42. The van der Waals surface area contributed by atoms with E-state index in [1.54, 1.807) is 12.1 Å². The number of rotatable bonds is 2. The van der Waals surface area contributed by atoms with Crippen molar-refractivity contribution in [3.8, 4) is 11.5 Å². The molecule has 0 amide bonds. The summed E-state index contributed by atoms with van der Waals surface area (Å²) in [5.41, 5.74) is 0.227. The molecule has 1 aromatic carbocycles. The third-order valence-electron chi connectivity index (χ3n) is 1.73. The van der Waals surface area contributed by atoms with Crippen LogP contribution in [0, 0.1) is 5.82 Å². The molecule has 0 aliphatic rings. The maximum absolute atomic E-state index is 13.3. The average molecular weight is 247 g/mol. The van der Waals surface area contributed by atoms with Crippen LogP contribution in [0.25, 0.3) is 11.5 Å². The van der Waals surface area contributed by atoms with Crippen molar-refractivity contribution in [1.29, 1.82) is 0 Å². The van der Waals surface area contributed by atoms with Crippen LogP contribution in [0.5, 0.6) is 0 Å². The minimum Gasteiger partial charge on any atom is -0.418 e. The number of halogens is 3. The van der Waals surface area contributed by atoms with E-state index in [1.165, 1.54) is 12.1 Å². The van der Waals surface area contributed by atoms with Crippen LogP contribution in [0.1, 0.15) is 10.7 Å². The van der Waals surface area contributed by atoms with Crippen molar-refractivity contribution in [1.82, 2.24) is 10.2 Å². The number of benzene rings is 1. The van der Waals surface area contributed by atoms with Crippen LogP contribution < -0.4 is 0 Å². The molecule has 1 aromatic heterocycles. The van der Waals surface area contributed by atoms with Crippen LogP contribution in [0.3, 0.4) is 0 Å². The van der Waals surface area contributed by atoms with Gasteiger partial charge < -0.3 is 4.42 Å². The molecule has 0 saturated heterocycles. The lowest BCUT2D eigenvalue weighted by Crippen LogP contribution is -1.82. The van der Waals surface area contributed by atoms with E-state index in [1.807, 2.05) is 0 Å². The summed E-state index contributed by atoms with van der Waals surface area (Å²) in [7, 11) is 0. The minimum absolute atomic E-state index is 0.0524. The SMILES string of the molecule is Fc1ccccc1-c1nnc(C(Cl)Cl)o1. The summed E-state index contributed by atoms with van der Waals surface area (Å²) >= 11 is 11.0. The summed E-state index contributed by atoms with van der Waals surface area (Å²) in [5.74, 6) is -0.320. The molecular weight excluding hydrogens is 242 g/mol. The first-order chi connectivity index (χ1) is 7.18. The van der Waals surface area contributed by atoms with Gasteiger partial charge in [0.25, 0.3) is 5.89 Å². The molecule has 6 heteroatoms. The van der Waals surface area contributed by atoms with Gasteiger partial charge in [-0.1, -0.05) is 35.3 Å². The molecule has 1 heterocycles. The Labute approximate surface area is 94.8 Å². The molecule has 3 nitrogen and oxygen atoms in total. The second-order valence-corrected chi connectivity index (χ2v) is 3.82. The van der Waals surface area contributed by atoms with Gasteiger partial charge in [-0.3, -0.25) is 0 Å². The molecule has 0 aliphatic heterocycles. The van der Waals surface area contributed by atoms with Crippen LogP contribution in [-0.4, -0.2) is 10.2 Å². The Morgan fingerprint density at radius 2 is 1.93 bits per heavy atom. The number of hydrogen-bond donors (Lipinski definition) is 0. The summed E-state index contributed by atoms with van der Waals surface area (Å²) in [4.78, 5) is -0.905. The first-order valence-electron chi connectivity index (χ1n) is 4.05. The number of alkyl halides is 2. The van der Waals surface area contributed by atoms with Crippen molar-refractivity contribution in [3.05, 3.63) is 36.0 Å². The van der Waals surface area contributed by atoms with Crippen molar-refractivity contribution in [2.45, 2.75) is 4.84 Å². The van der Waals surface area contributed by atoms with Crippen LogP contribution in [0.15, 0.2) is 28.7 Å². The largest absolute Gasteiger partial charge is 0.418 e. The third kappa shape index (κ3) is 2.11. The molecule has 0 radical (unpaired) electrons. The zero-order valence-corrected chi connectivity index (χ0v) is 8.84. The van der Waals surface area contributed by atoms with Gasteiger partial charge in [0.2, 0.25) is 5.89 Å². The quantitative estimate of drug-likeness (QED) is 0.764. The van der Waals surface area contributed by atoms with E-state index in [-0.39, 0.29) is 17.3 Å².